The number of urea groups is 2. The lowest BCUT2D eigenvalue weighted by Gasteiger charge is -2.45. The largest absolute Gasteiger partial charge is 0.371 e. The van der Waals surface area contributed by atoms with Crippen molar-refractivity contribution >= 4 is 46.1 Å². The number of hydrogen-bond acceptors (Lipinski definition) is 8. The third-order valence-electron chi connectivity index (χ3n) is 15.1. The minimum absolute atomic E-state index is 0.0204. The monoisotopic (exact) mass is 879 g/mol. The highest BCUT2D eigenvalue weighted by Gasteiger charge is 2.49. The topological polar surface area (TPSA) is 73.0 Å². The number of pyridine rings is 1. The number of nitrogens with zero attached hydrogens (tertiary/aromatic N) is 9. The number of likely N-dealkylation sites (tertiary alicyclic amines) is 2. The third-order valence-corrected chi connectivity index (χ3v) is 15.8. The number of amides is 4. The molecule has 4 amide bonds. The molecule has 11 nitrogen and oxygen atoms in total. The Morgan fingerprint density at radius 2 is 1.10 bits per heavy atom. The van der Waals surface area contributed by atoms with Gasteiger partial charge in [-0.3, -0.25) is 14.8 Å². The number of hydrogen-bond donors (Lipinski definition) is 0. The van der Waals surface area contributed by atoms with Crippen LogP contribution in [0.3, 0.4) is 0 Å². The molecule has 0 unspecified atom stereocenters. The van der Waals surface area contributed by atoms with Crippen LogP contribution < -0.4 is 19.6 Å². The Bertz CT molecular complexity index is 2210. The maximum atomic E-state index is 14.2. The molecule has 4 aromatic rings. The van der Waals surface area contributed by atoms with Crippen LogP contribution in [0.25, 0.3) is 0 Å². The Morgan fingerprint density at radius 1 is 0.635 bits per heavy atom. The number of aromatic nitrogens is 1. The van der Waals surface area contributed by atoms with E-state index in [4.69, 9.17) is 0 Å². The molecule has 2 spiro atoms. The van der Waals surface area contributed by atoms with Gasteiger partial charge in [-0.05, 0) is 149 Å². The van der Waals surface area contributed by atoms with Gasteiger partial charge < -0.3 is 29.4 Å². The van der Waals surface area contributed by atoms with Gasteiger partial charge in [0.1, 0.15) is 11.6 Å². The Labute approximate surface area is 375 Å². The van der Waals surface area contributed by atoms with E-state index in [1.165, 1.54) is 36.3 Å². The molecular formula is C49H63F2N9O2S. The number of rotatable bonds is 4. The van der Waals surface area contributed by atoms with E-state index >= 15 is 0 Å². The molecule has 2 aromatic carbocycles. The fourth-order valence-corrected chi connectivity index (χ4v) is 12.2. The molecule has 6 aliphatic rings. The number of carbonyl (C=O) groups is 2. The van der Waals surface area contributed by atoms with Gasteiger partial charge in [0.15, 0.2) is 0 Å². The zero-order chi connectivity index (χ0) is 43.9. The van der Waals surface area contributed by atoms with Crippen molar-refractivity contribution in [2.45, 2.75) is 74.3 Å². The molecule has 0 aliphatic carbocycles. The summed E-state index contributed by atoms with van der Waals surface area (Å²) in [4.78, 5) is 47.0. The first-order valence-electron chi connectivity index (χ1n) is 22.9. The Kier molecular flexibility index (Phi) is 12.4. The summed E-state index contributed by atoms with van der Waals surface area (Å²) in [5.41, 5.74) is 6.09. The molecule has 0 saturated carbocycles. The summed E-state index contributed by atoms with van der Waals surface area (Å²) in [5.74, 6) is -0.423. The van der Waals surface area contributed by atoms with E-state index in [-0.39, 0.29) is 34.5 Å². The van der Waals surface area contributed by atoms with E-state index in [2.05, 4.69) is 47.5 Å². The van der Waals surface area contributed by atoms with Gasteiger partial charge in [0.05, 0.1) is 11.9 Å². The second kappa shape index (κ2) is 18.0. The van der Waals surface area contributed by atoms with Crippen LogP contribution in [0, 0.1) is 11.6 Å². The molecule has 14 heteroatoms. The van der Waals surface area contributed by atoms with Crippen molar-refractivity contribution in [3.8, 4) is 0 Å². The molecule has 10 rings (SSSR count). The molecule has 2 aromatic heterocycles. The van der Waals surface area contributed by atoms with Gasteiger partial charge in [-0.25, -0.2) is 18.4 Å². The van der Waals surface area contributed by atoms with Crippen LogP contribution in [0.4, 0.5) is 41.1 Å². The molecule has 0 atom stereocenters. The maximum absolute atomic E-state index is 14.2. The number of carbonyl (C=O) groups excluding carboxylic acids is 2. The van der Waals surface area contributed by atoms with Crippen LogP contribution >= 0.6 is 11.3 Å². The van der Waals surface area contributed by atoms with Crippen molar-refractivity contribution in [2.75, 3.05) is 113 Å². The predicted molar refractivity (Wildman–Crippen MR) is 250 cm³/mol. The number of halogens is 2. The predicted octanol–water partition coefficient (Wildman–Crippen LogP) is 8.12. The minimum atomic E-state index is -0.215. The highest BCUT2D eigenvalue weighted by atomic mass is 32.1. The van der Waals surface area contributed by atoms with Crippen LogP contribution in [0.5, 0.6) is 0 Å². The van der Waals surface area contributed by atoms with Crippen LogP contribution in [0.1, 0.15) is 62.5 Å². The van der Waals surface area contributed by atoms with Crippen molar-refractivity contribution < 1.29 is 18.4 Å². The average Bonchev–Trinajstić information content (AvgIpc) is 4.03. The third kappa shape index (κ3) is 8.62. The number of thiophene rings is 1. The van der Waals surface area contributed by atoms with Crippen LogP contribution in [-0.2, 0) is 10.8 Å². The first kappa shape index (κ1) is 43.5. The van der Waals surface area contributed by atoms with Gasteiger partial charge in [0, 0.05) is 119 Å². The van der Waals surface area contributed by atoms with Gasteiger partial charge >= 0.3 is 12.1 Å². The number of piperidine rings is 4. The van der Waals surface area contributed by atoms with E-state index in [0.29, 0.717) is 25.2 Å². The second-order valence-corrected chi connectivity index (χ2v) is 19.9. The van der Waals surface area contributed by atoms with Gasteiger partial charge in [-0.1, -0.05) is 0 Å². The Balaban J connectivity index is 0.000000160. The van der Waals surface area contributed by atoms with Crippen molar-refractivity contribution in [3.63, 3.8) is 0 Å². The maximum Gasteiger partial charge on any atom is 0.323 e. The standard InChI is InChI=1S/C25H32FN5O.C24H31FN4OS/c1-28(2)24(32)31-18-25(22-16-19(26)5-6-23(22)31)9-14-30(15-10-25)20-7-12-29(13-8-20)21-4-3-11-27-17-21;1-26(2)23(30)29-17-24(21-15-18(25)3-4-22(21)29)8-12-28(13-9-24)19-5-10-27(11-6-19)20-7-14-31-16-20/h3-6,11,16-17,20H,7-10,12-15,18H2,1-2H3;3-4,7,14-16,19H,5-6,8-13,17H2,1-2H3. The zero-order valence-electron chi connectivity index (χ0n) is 37.4. The quantitative estimate of drug-likeness (QED) is 0.205. The lowest BCUT2D eigenvalue weighted by Crippen LogP contribution is -2.52. The fraction of sp³-hybridized carbons (Fsp3) is 0.531. The van der Waals surface area contributed by atoms with Crippen molar-refractivity contribution in [1.82, 2.24) is 24.6 Å². The minimum Gasteiger partial charge on any atom is -0.371 e. The fourth-order valence-electron chi connectivity index (χ4n) is 11.6. The first-order valence-corrected chi connectivity index (χ1v) is 23.9. The van der Waals surface area contributed by atoms with Gasteiger partial charge in [-0.2, -0.15) is 11.3 Å². The smallest absolute Gasteiger partial charge is 0.323 e. The van der Waals surface area contributed by atoms with E-state index in [0.717, 1.165) is 113 Å². The summed E-state index contributed by atoms with van der Waals surface area (Å²) < 4.78 is 28.4. The van der Waals surface area contributed by atoms with Gasteiger partial charge in [-0.15, -0.1) is 0 Å². The molecule has 0 bridgehead atoms. The molecule has 63 heavy (non-hydrogen) atoms. The van der Waals surface area contributed by atoms with E-state index in [9.17, 15) is 18.4 Å². The van der Waals surface area contributed by atoms with Crippen molar-refractivity contribution in [1.29, 1.82) is 0 Å². The van der Waals surface area contributed by atoms with E-state index < -0.39 is 0 Å². The first-order chi connectivity index (χ1) is 30.4. The summed E-state index contributed by atoms with van der Waals surface area (Å²) in [6.45, 7) is 9.67. The molecule has 6 aliphatic heterocycles. The highest BCUT2D eigenvalue weighted by Crippen LogP contribution is 2.49. The molecular weight excluding hydrogens is 817 g/mol. The summed E-state index contributed by atoms with van der Waals surface area (Å²) in [7, 11) is 7.11. The van der Waals surface area contributed by atoms with Crippen LogP contribution in [0.15, 0.2) is 77.8 Å². The number of anilines is 4. The lowest BCUT2D eigenvalue weighted by molar-refractivity contribution is 0.104. The zero-order valence-corrected chi connectivity index (χ0v) is 38.2. The Hall–Kier alpha value is -4.79. The summed E-state index contributed by atoms with van der Waals surface area (Å²) in [5, 5.41) is 4.39. The summed E-state index contributed by atoms with van der Waals surface area (Å²) in [6, 6.07) is 17.4. The summed E-state index contributed by atoms with van der Waals surface area (Å²) >= 11 is 1.76. The molecule has 4 saturated heterocycles. The molecule has 8 heterocycles. The van der Waals surface area contributed by atoms with E-state index in [1.54, 1.807) is 73.6 Å². The van der Waals surface area contributed by atoms with Crippen molar-refractivity contribution in [2.24, 2.45) is 0 Å². The van der Waals surface area contributed by atoms with Crippen LogP contribution in [-0.4, -0.2) is 142 Å². The average molecular weight is 880 g/mol. The molecule has 4 fully saturated rings. The Morgan fingerprint density at radius 3 is 1.49 bits per heavy atom. The molecule has 0 radical (unpaired) electrons. The normalized spacial score (nSPS) is 21.3. The van der Waals surface area contributed by atoms with Crippen LogP contribution in [0.2, 0.25) is 0 Å². The molecule has 336 valence electrons. The highest BCUT2D eigenvalue weighted by molar-refractivity contribution is 7.08. The summed E-state index contributed by atoms with van der Waals surface area (Å²) in [6.07, 6.45) is 12.3. The van der Waals surface area contributed by atoms with Crippen molar-refractivity contribution in [3.05, 3.63) is 101 Å². The van der Waals surface area contributed by atoms with Gasteiger partial charge in [0.25, 0.3) is 0 Å². The number of benzene rings is 2. The number of fused-ring (bicyclic) bond motifs is 4. The SMILES string of the molecule is CN(C)C(=O)N1CC2(CCN(C3CCN(c4cccnc4)CC3)CC2)c2cc(F)ccc21.CN(C)C(=O)N1CC2(CCN(C3CCN(c4ccsc4)CC3)CC2)c2cc(F)ccc21. The van der Waals surface area contributed by atoms with Gasteiger partial charge in [0.2, 0.25) is 0 Å². The lowest BCUT2D eigenvalue weighted by atomic mass is 9.74. The van der Waals surface area contributed by atoms with E-state index in [1.807, 2.05) is 28.3 Å². The second-order valence-electron chi connectivity index (χ2n) is 19.1. The molecule has 0 N–H and O–H groups in total.